The average molecular weight is 282 g/mol. The molecule has 19 heavy (non-hydrogen) atoms. The number of benzene rings is 1. The third kappa shape index (κ3) is 6.62. The number of ether oxygens (including phenoxy) is 1. The van der Waals surface area contributed by atoms with Gasteiger partial charge in [0.25, 0.3) is 0 Å². The fraction of sp³-hybridized carbons (Fsp3) is 0.600. The zero-order chi connectivity index (χ0) is 14.3. The maximum absolute atomic E-state index is 5.91. The van der Waals surface area contributed by atoms with Crippen LogP contribution in [0.25, 0.3) is 0 Å². The van der Waals surface area contributed by atoms with E-state index in [2.05, 4.69) is 19.2 Å². The van der Waals surface area contributed by atoms with Crippen molar-refractivity contribution in [3.63, 3.8) is 0 Å². The molecular weight excluding hydrogens is 256 g/mol. The minimum absolute atomic E-state index is 0.160. The molecule has 1 atom stereocenters. The topological polar surface area (TPSA) is 47.3 Å². The summed E-state index contributed by atoms with van der Waals surface area (Å²) in [5.41, 5.74) is 7.67. The van der Waals surface area contributed by atoms with Gasteiger partial charge in [-0.1, -0.05) is 6.92 Å². The molecule has 0 aliphatic carbocycles. The number of nitrogens with two attached hydrogens (primary N) is 1. The van der Waals surface area contributed by atoms with Crippen LogP contribution in [0.15, 0.2) is 18.2 Å². The summed E-state index contributed by atoms with van der Waals surface area (Å²) in [6.45, 7) is 8.42. The Balaban J connectivity index is 2.59. The molecule has 3 nitrogen and oxygen atoms in total. The molecule has 0 radical (unpaired) electrons. The van der Waals surface area contributed by atoms with Crippen LogP contribution in [0.5, 0.6) is 5.75 Å². The molecule has 0 spiro atoms. The van der Waals surface area contributed by atoms with Crippen molar-refractivity contribution in [1.29, 1.82) is 0 Å². The Morgan fingerprint density at radius 2 is 2.00 bits per heavy atom. The van der Waals surface area contributed by atoms with E-state index in [9.17, 15) is 0 Å². The van der Waals surface area contributed by atoms with Crippen molar-refractivity contribution in [2.24, 2.45) is 0 Å². The second kappa shape index (κ2) is 8.20. The minimum atomic E-state index is 0.160. The molecule has 0 amide bonds. The number of hydrogen-bond acceptors (Lipinski definition) is 4. The average Bonchev–Trinajstić information content (AvgIpc) is 2.27. The lowest BCUT2D eigenvalue weighted by Crippen LogP contribution is -2.16. The van der Waals surface area contributed by atoms with Gasteiger partial charge in [-0.05, 0) is 44.8 Å². The largest absolute Gasteiger partial charge is 0.491 e. The maximum atomic E-state index is 5.91. The van der Waals surface area contributed by atoms with E-state index in [1.165, 1.54) is 11.5 Å². The van der Waals surface area contributed by atoms with Gasteiger partial charge >= 0.3 is 0 Å². The van der Waals surface area contributed by atoms with Crippen molar-refractivity contribution in [3.05, 3.63) is 18.2 Å². The monoisotopic (exact) mass is 282 g/mol. The van der Waals surface area contributed by atoms with Crippen LogP contribution in [-0.2, 0) is 0 Å². The molecule has 0 saturated heterocycles. The Morgan fingerprint density at radius 3 is 2.63 bits per heavy atom. The number of anilines is 2. The predicted octanol–water partition coefficient (Wildman–Crippen LogP) is 4.00. The highest BCUT2D eigenvalue weighted by Crippen LogP contribution is 2.24. The van der Waals surface area contributed by atoms with E-state index in [4.69, 9.17) is 10.5 Å². The van der Waals surface area contributed by atoms with Gasteiger partial charge in [-0.2, -0.15) is 11.8 Å². The van der Waals surface area contributed by atoms with Gasteiger partial charge in [-0.15, -0.1) is 0 Å². The lowest BCUT2D eigenvalue weighted by atomic mass is 10.2. The zero-order valence-electron chi connectivity index (χ0n) is 12.4. The molecule has 0 aromatic heterocycles. The molecule has 108 valence electrons. The molecule has 1 rings (SSSR count). The molecule has 1 aromatic carbocycles. The van der Waals surface area contributed by atoms with E-state index in [1.807, 2.05) is 43.8 Å². The van der Waals surface area contributed by atoms with E-state index < -0.39 is 0 Å². The van der Waals surface area contributed by atoms with Crippen molar-refractivity contribution in [2.45, 2.75) is 46.3 Å². The molecule has 3 N–H and O–H groups in total. The van der Waals surface area contributed by atoms with Crippen LogP contribution >= 0.6 is 11.8 Å². The Hall–Kier alpha value is -1.03. The molecule has 4 heteroatoms. The van der Waals surface area contributed by atoms with Gasteiger partial charge in [0.15, 0.2) is 0 Å². The Kier molecular flexibility index (Phi) is 6.92. The number of thioether (sulfide) groups is 1. The second-order valence-electron chi connectivity index (χ2n) is 4.99. The minimum Gasteiger partial charge on any atom is -0.491 e. The van der Waals surface area contributed by atoms with Crippen molar-refractivity contribution >= 4 is 23.1 Å². The molecule has 1 aromatic rings. The molecule has 0 saturated carbocycles. The molecule has 0 fully saturated rings. The van der Waals surface area contributed by atoms with Crippen LogP contribution in [0.2, 0.25) is 0 Å². The van der Waals surface area contributed by atoms with Crippen LogP contribution in [0.4, 0.5) is 11.4 Å². The van der Waals surface area contributed by atoms with E-state index in [0.717, 1.165) is 23.5 Å². The summed E-state index contributed by atoms with van der Waals surface area (Å²) in [5, 5.41) is 3.48. The molecule has 0 aliphatic heterocycles. The first-order valence-corrected chi connectivity index (χ1v) is 8.08. The van der Waals surface area contributed by atoms with Crippen LogP contribution < -0.4 is 15.8 Å². The Morgan fingerprint density at radius 1 is 1.26 bits per heavy atom. The lowest BCUT2D eigenvalue weighted by molar-refractivity contribution is 0.242. The first-order valence-electron chi connectivity index (χ1n) is 6.92. The quantitative estimate of drug-likeness (QED) is 0.559. The lowest BCUT2D eigenvalue weighted by Gasteiger charge is -2.17. The normalized spacial score (nSPS) is 12.5. The summed E-state index contributed by atoms with van der Waals surface area (Å²) >= 11 is 1.97. The van der Waals surface area contributed by atoms with Gasteiger partial charge in [0, 0.05) is 29.5 Å². The Bertz CT molecular complexity index is 382. The van der Waals surface area contributed by atoms with Crippen molar-refractivity contribution in [3.8, 4) is 5.75 Å². The number of nitrogens with one attached hydrogen (secondary N) is 1. The molecule has 0 bridgehead atoms. The highest BCUT2D eigenvalue weighted by atomic mass is 32.2. The van der Waals surface area contributed by atoms with Crippen LogP contribution in [-0.4, -0.2) is 23.7 Å². The van der Waals surface area contributed by atoms with Gasteiger partial charge in [0.05, 0.1) is 6.10 Å². The van der Waals surface area contributed by atoms with E-state index >= 15 is 0 Å². The van der Waals surface area contributed by atoms with E-state index in [0.29, 0.717) is 6.04 Å². The van der Waals surface area contributed by atoms with Gasteiger partial charge in [-0.3, -0.25) is 0 Å². The highest BCUT2D eigenvalue weighted by Gasteiger charge is 2.05. The fourth-order valence-electron chi connectivity index (χ4n) is 1.81. The second-order valence-corrected chi connectivity index (χ2v) is 6.38. The van der Waals surface area contributed by atoms with Gasteiger partial charge in [0.1, 0.15) is 5.75 Å². The summed E-state index contributed by atoms with van der Waals surface area (Å²) in [5.74, 6) is 3.19. The van der Waals surface area contributed by atoms with E-state index in [1.54, 1.807) is 0 Å². The molecule has 1 unspecified atom stereocenters. The summed E-state index contributed by atoms with van der Waals surface area (Å²) in [7, 11) is 0. The van der Waals surface area contributed by atoms with Crippen molar-refractivity contribution < 1.29 is 4.74 Å². The molecule has 0 heterocycles. The summed E-state index contributed by atoms with van der Waals surface area (Å²) in [4.78, 5) is 0. The van der Waals surface area contributed by atoms with Gasteiger partial charge < -0.3 is 15.8 Å². The van der Waals surface area contributed by atoms with Gasteiger partial charge in [0.2, 0.25) is 0 Å². The van der Waals surface area contributed by atoms with Crippen molar-refractivity contribution in [1.82, 2.24) is 0 Å². The smallest absolute Gasteiger partial charge is 0.123 e. The third-order valence-corrected chi connectivity index (χ3v) is 3.55. The first kappa shape index (κ1) is 16.0. The first-order chi connectivity index (χ1) is 9.01. The number of hydrogen-bond donors (Lipinski definition) is 2. The van der Waals surface area contributed by atoms with Crippen LogP contribution in [0.3, 0.4) is 0 Å². The predicted molar refractivity (Wildman–Crippen MR) is 87.3 cm³/mol. The third-order valence-electron chi connectivity index (χ3n) is 2.61. The molecule has 0 aliphatic rings. The van der Waals surface area contributed by atoms with E-state index in [-0.39, 0.29) is 6.10 Å². The zero-order valence-corrected chi connectivity index (χ0v) is 13.2. The van der Waals surface area contributed by atoms with Gasteiger partial charge in [-0.25, -0.2) is 0 Å². The van der Waals surface area contributed by atoms with Crippen LogP contribution in [0, 0.1) is 0 Å². The standard InChI is InChI=1S/C15H26N2OS/c1-5-19-7-6-12(4)17-14-8-13(16)9-15(10-14)18-11(2)3/h8-12,17H,5-7,16H2,1-4H3. The number of rotatable bonds is 8. The summed E-state index contributed by atoms with van der Waals surface area (Å²) in [6, 6.07) is 6.27. The number of nitrogen functional groups attached to an aromatic ring is 1. The summed E-state index contributed by atoms with van der Waals surface area (Å²) < 4.78 is 5.69. The SMILES string of the molecule is CCSCCC(C)Nc1cc(N)cc(OC(C)C)c1. The highest BCUT2D eigenvalue weighted by molar-refractivity contribution is 7.99. The Labute approximate surface area is 121 Å². The van der Waals surface area contributed by atoms with Crippen molar-refractivity contribution in [2.75, 3.05) is 22.6 Å². The fourth-order valence-corrected chi connectivity index (χ4v) is 2.62. The summed E-state index contributed by atoms with van der Waals surface area (Å²) in [6.07, 6.45) is 1.31. The maximum Gasteiger partial charge on any atom is 0.123 e. The molecular formula is C15H26N2OS. The van der Waals surface area contributed by atoms with Crippen LogP contribution in [0.1, 0.15) is 34.1 Å².